The molecule has 0 radical (unpaired) electrons. The first-order valence-corrected chi connectivity index (χ1v) is 4.63. The summed E-state index contributed by atoms with van der Waals surface area (Å²) in [7, 11) is 0. The standard InChI is InChI=1S/C11H10O3/c1-11-9(13)7-5-3-2-4-6(7)8(12)10(11)14-11/h2-5,9-10,13H,1H3/t9-,10+,11-/m1/s1. The van der Waals surface area contributed by atoms with Crippen LogP contribution in [0, 0.1) is 0 Å². The molecular weight excluding hydrogens is 180 g/mol. The average Bonchev–Trinajstić information content (AvgIpc) is 2.89. The first kappa shape index (κ1) is 8.15. The number of hydrogen-bond acceptors (Lipinski definition) is 3. The molecule has 1 fully saturated rings. The van der Waals surface area contributed by atoms with E-state index in [4.69, 9.17) is 4.74 Å². The van der Waals surface area contributed by atoms with Crippen molar-refractivity contribution >= 4 is 5.78 Å². The first-order chi connectivity index (χ1) is 6.64. The van der Waals surface area contributed by atoms with E-state index in [0.29, 0.717) is 11.1 Å². The Morgan fingerprint density at radius 3 is 2.93 bits per heavy atom. The lowest BCUT2D eigenvalue weighted by atomic mass is 9.82. The van der Waals surface area contributed by atoms with Crippen molar-refractivity contribution in [1.29, 1.82) is 0 Å². The molecule has 1 aromatic carbocycles. The number of aliphatic hydroxyl groups excluding tert-OH is 1. The summed E-state index contributed by atoms with van der Waals surface area (Å²) in [5, 5.41) is 9.97. The van der Waals surface area contributed by atoms with Crippen LogP contribution in [-0.4, -0.2) is 22.6 Å². The van der Waals surface area contributed by atoms with E-state index in [1.54, 1.807) is 25.1 Å². The minimum absolute atomic E-state index is 0.00611. The number of benzene rings is 1. The number of ether oxygens (including phenoxy) is 1. The Labute approximate surface area is 81.3 Å². The van der Waals surface area contributed by atoms with Crippen LogP contribution in [0.15, 0.2) is 24.3 Å². The molecule has 0 amide bonds. The van der Waals surface area contributed by atoms with Crippen molar-refractivity contribution in [3.63, 3.8) is 0 Å². The molecule has 2 aliphatic rings. The Kier molecular flexibility index (Phi) is 1.30. The molecule has 3 rings (SSSR count). The van der Waals surface area contributed by atoms with E-state index in [1.165, 1.54) is 0 Å². The third-order valence-electron chi connectivity index (χ3n) is 3.14. The molecule has 1 aliphatic carbocycles. The fourth-order valence-corrected chi connectivity index (χ4v) is 2.15. The van der Waals surface area contributed by atoms with Gasteiger partial charge in [-0.15, -0.1) is 0 Å². The maximum Gasteiger partial charge on any atom is 0.195 e. The summed E-state index contributed by atoms with van der Waals surface area (Å²) in [5.41, 5.74) is 0.611. The second kappa shape index (κ2) is 2.24. The maximum absolute atomic E-state index is 11.8. The van der Waals surface area contributed by atoms with Crippen molar-refractivity contribution in [2.45, 2.75) is 24.7 Å². The lowest BCUT2D eigenvalue weighted by molar-refractivity contribution is 0.0811. The summed E-state index contributed by atoms with van der Waals surface area (Å²) < 4.78 is 5.27. The molecular formula is C11H10O3. The average molecular weight is 190 g/mol. The highest BCUT2D eigenvalue weighted by molar-refractivity contribution is 6.05. The van der Waals surface area contributed by atoms with Crippen LogP contribution in [0.25, 0.3) is 0 Å². The fraction of sp³-hybridized carbons (Fsp3) is 0.364. The predicted molar refractivity (Wildman–Crippen MR) is 49.0 cm³/mol. The number of Topliss-reactive ketones (excluding diaryl/α,β-unsaturated/α-hetero) is 1. The van der Waals surface area contributed by atoms with E-state index >= 15 is 0 Å². The minimum atomic E-state index is -0.679. The molecule has 3 atom stereocenters. The van der Waals surface area contributed by atoms with Crippen LogP contribution in [0.4, 0.5) is 0 Å². The number of carbonyl (C=O) groups excluding carboxylic acids is 1. The van der Waals surface area contributed by atoms with Crippen molar-refractivity contribution in [2.75, 3.05) is 0 Å². The highest BCUT2D eigenvalue weighted by Gasteiger charge is 2.65. The summed E-state index contributed by atoms with van der Waals surface area (Å²) in [6.07, 6.45) is -1.12. The highest BCUT2D eigenvalue weighted by Crippen LogP contribution is 2.52. The van der Waals surface area contributed by atoms with Gasteiger partial charge in [-0.25, -0.2) is 0 Å². The maximum atomic E-state index is 11.8. The van der Waals surface area contributed by atoms with Crippen LogP contribution in [0.2, 0.25) is 0 Å². The molecule has 0 spiro atoms. The Morgan fingerprint density at radius 1 is 1.43 bits per heavy atom. The van der Waals surface area contributed by atoms with Crippen molar-refractivity contribution in [3.05, 3.63) is 35.4 Å². The van der Waals surface area contributed by atoms with E-state index in [2.05, 4.69) is 0 Å². The van der Waals surface area contributed by atoms with Crippen molar-refractivity contribution < 1.29 is 14.6 Å². The molecule has 0 unspecified atom stereocenters. The van der Waals surface area contributed by atoms with Crippen LogP contribution in [0.5, 0.6) is 0 Å². The summed E-state index contributed by atoms with van der Waals surface area (Å²) in [5.74, 6) is -0.00611. The van der Waals surface area contributed by atoms with Gasteiger partial charge >= 0.3 is 0 Å². The molecule has 1 aromatic rings. The molecule has 1 heterocycles. The molecule has 1 N–H and O–H groups in total. The Morgan fingerprint density at radius 2 is 2.14 bits per heavy atom. The Bertz CT molecular complexity index is 426. The van der Waals surface area contributed by atoms with E-state index in [0.717, 1.165) is 0 Å². The number of ketones is 1. The predicted octanol–water partition coefficient (Wildman–Crippen LogP) is 1.07. The number of fused-ring (bicyclic) bond motifs is 2. The van der Waals surface area contributed by atoms with Crippen molar-refractivity contribution in [3.8, 4) is 0 Å². The third-order valence-corrected chi connectivity index (χ3v) is 3.14. The van der Waals surface area contributed by atoms with Crippen LogP contribution < -0.4 is 0 Å². The Balaban J connectivity index is 2.22. The van der Waals surface area contributed by atoms with Gasteiger partial charge in [-0.1, -0.05) is 24.3 Å². The topological polar surface area (TPSA) is 49.8 Å². The molecule has 3 heteroatoms. The first-order valence-electron chi connectivity index (χ1n) is 4.63. The summed E-state index contributed by atoms with van der Waals surface area (Å²) in [6.45, 7) is 1.77. The van der Waals surface area contributed by atoms with Crippen LogP contribution in [0.3, 0.4) is 0 Å². The number of carbonyl (C=O) groups is 1. The monoisotopic (exact) mass is 190 g/mol. The second-order valence-corrected chi connectivity index (χ2v) is 4.04. The number of epoxide rings is 1. The smallest absolute Gasteiger partial charge is 0.195 e. The van der Waals surface area contributed by atoms with Gasteiger partial charge in [0.25, 0.3) is 0 Å². The van der Waals surface area contributed by atoms with E-state index < -0.39 is 17.8 Å². The zero-order chi connectivity index (χ0) is 9.92. The quantitative estimate of drug-likeness (QED) is 0.622. The molecule has 0 aromatic heterocycles. The molecule has 14 heavy (non-hydrogen) atoms. The summed E-state index contributed by atoms with van der Waals surface area (Å²) in [6, 6.07) is 7.14. The Hall–Kier alpha value is -1.19. The van der Waals surface area contributed by atoms with Gasteiger partial charge < -0.3 is 9.84 Å². The minimum Gasteiger partial charge on any atom is -0.385 e. The zero-order valence-corrected chi connectivity index (χ0v) is 7.73. The van der Waals surface area contributed by atoms with Gasteiger partial charge in [0.1, 0.15) is 11.7 Å². The van der Waals surface area contributed by atoms with Gasteiger partial charge in [0.2, 0.25) is 0 Å². The normalized spacial score (nSPS) is 38.9. The summed E-state index contributed by atoms with van der Waals surface area (Å²) in [4.78, 5) is 11.8. The largest absolute Gasteiger partial charge is 0.385 e. The molecule has 1 saturated heterocycles. The molecule has 72 valence electrons. The van der Waals surface area contributed by atoms with Crippen LogP contribution in [0.1, 0.15) is 28.9 Å². The van der Waals surface area contributed by atoms with Gasteiger partial charge in [-0.05, 0) is 12.5 Å². The number of rotatable bonds is 0. The van der Waals surface area contributed by atoms with Gasteiger partial charge in [-0.2, -0.15) is 0 Å². The third kappa shape index (κ3) is 0.768. The molecule has 0 bridgehead atoms. The highest BCUT2D eigenvalue weighted by atomic mass is 16.6. The fourth-order valence-electron chi connectivity index (χ4n) is 2.15. The molecule has 0 saturated carbocycles. The van der Waals surface area contributed by atoms with E-state index in [1.807, 2.05) is 6.07 Å². The van der Waals surface area contributed by atoms with Crippen molar-refractivity contribution in [2.24, 2.45) is 0 Å². The SMILES string of the molecule is C[C@]12O[C@H]1C(=O)c1ccccc1[C@H]2O. The van der Waals surface area contributed by atoms with Gasteiger partial charge in [0.15, 0.2) is 11.9 Å². The number of hydrogen-bond donors (Lipinski definition) is 1. The van der Waals surface area contributed by atoms with Gasteiger partial charge in [-0.3, -0.25) is 4.79 Å². The van der Waals surface area contributed by atoms with E-state index in [9.17, 15) is 9.90 Å². The van der Waals surface area contributed by atoms with Crippen molar-refractivity contribution in [1.82, 2.24) is 0 Å². The molecule has 1 aliphatic heterocycles. The number of aliphatic hydroxyl groups is 1. The summed E-state index contributed by atoms with van der Waals surface area (Å²) >= 11 is 0. The second-order valence-electron chi connectivity index (χ2n) is 4.04. The molecule has 3 nitrogen and oxygen atoms in total. The van der Waals surface area contributed by atoms with Gasteiger partial charge in [0, 0.05) is 5.56 Å². The lowest BCUT2D eigenvalue weighted by Crippen LogP contribution is -2.32. The van der Waals surface area contributed by atoms with Crippen LogP contribution >= 0.6 is 0 Å². The van der Waals surface area contributed by atoms with Crippen LogP contribution in [-0.2, 0) is 4.74 Å². The van der Waals surface area contributed by atoms with Gasteiger partial charge in [0.05, 0.1) is 0 Å². The van der Waals surface area contributed by atoms with E-state index in [-0.39, 0.29) is 5.78 Å². The lowest BCUT2D eigenvalue weighted by Gasteiger charge is -2.22. The zero-order valence-electron chi connectivity index (χ0n) is 7.73.